The highest BCUT2D eigenvalue weighted by molar-refractivity contribution is 5.93. The summed E-state index contributed by atoms with van der Waals surface area (Å²) in [6, 6.07) is 5.26. The largest absolute Gasteiger partial charge is 0.310 e. The zero-order valence-corrected chi connectivity index (χ0v) is 21.4. The molecule has 36 heavy (non-hydrogen) atoms. The third kappa shape index (κ3) is 5.33. The molecule has 1 amide bonds. The molecular weight excluding hydrogens is 455 g/mol. The molecule has 4 rings (SSSR count). The highest BCUT2D eigenvalue weighted by Gasteiger charge is 2.28. The second kappa shape index (κ2) is 10.6. The van der Waals surface area contributed by atoms with E-state index in [0.717, 1.165) is 47.0 Å². The number of carbonyl (C=O) groups is 2. The predicted octanol–water partition coefficient (Wildman–Crippen LogP) is 5.93. The van der Waals surface area contributed by atoms with E-state index in [4.69, 9.17) is 6.42 Å². The zero-order chi connectivity index (χ0) is 26.0. The lowest BCUT2D eigenvalue weighted by molar-refractivity contribution is -0.123. The molecule has 2 aromatic heterocycles. The summed E-state index contributed by atoms with van der Waals surface area (Å²) in [6.45, 7) is 6.04. The predicted molar refractivity (Wildman–Crippen MR) is 140 cm³/mol. The van der Waals surface area contributed by atoms with Gasteiger partial charge in [-0.2, -0.15) is 5.10 Å². The average Bonchev–Trinajstić information content (AvgIpc) is 3.17. The summed E-state index contributed by atoms with van der Waals surface area (Å²) in [5.74, 6) is 2.62. The monoisotopic (exact) mass is 488 g/mol. The Morgan fingerprint density at radius 1 is 1.28 bits per heavy atom. The Morgan fingerprint density at radius 2 is 2.06 bits per heavy atom. The lowest BCUT2D eigenvalue weighted by Gasteiger charge is -2.27. The summed E-state index contributed by atoms with van der Waals surface area (Å²) in [4.78, 5) is 29.4. The van der Waals surface area contributed by atoms with E-state index in [-0.39, 0.29) is 41.7 Å². The van der Waals surface area contributed by atoms with Crippen molar-refractivity contribution >= 4 is 28.4 Å². The molecular formula is C29H33FN4O2. The van der Waals surface area contributed by atoms with Crippen LogP contribution >= 0.6 is 0 Å². The van der Waals surface area contributed by atoms with Crippen molar-refractivity contribution in [2.45, 2.75) is 65.2 Å². The van der Waals surface area contributed by atoms with Crippen LogP contribution in [0.1, 0.15) is 69.5 Å². The maximum atomic E-state index is 15.1. The van der Waals surface area contributed by atoms with Gasteiger partial charge in [0.05, 0.1) is 6.42 Å². The highest BCUT2D eigenvalue weighted by atomic mass is 19.1. The van der Waals surface area contributed by atoms with Crippen LogP contribution in [0.3, 0.4) is 0 Å². The van der Waals surface area contributed by atoms with Crippen LogP contribution in [-0.4, -0.2) is 26.5 Å². The average molecular weight is 489 g/mol. The molecule has 0 bridgehead atoms. The van der Waals surface area contributed by atoms with Crippen LogP contribution in [0.25, 0.3) is 22.0 Å². The molecule has 1 aliphatic carbocycles. The Bertz CT molecular complexity index is 1350. The van der Waals surface area contributed by atoms with Crippen LogP contribution in [-0.2, 0) is 16.6 Å². The molecule has 1 N–H and O–H groups in total. The number of ketones is 1. The van der Waals surface area contributed by atoms with Crippen LogP contribution < -0.4 is 5.32 Å². The highest BCUT2D eigenvalue weighted by Crippen LogP contribution is 2.35. The molecule has 1 aliphatic rings. The molecule has 1 saturated carbocycles. The number of halogens is 1. The number of aromatic nitrogens is 3. The molecule has 0 spiro atoms. The molecule has 0 radical (unpaired) electrons. The van der Waals surface area contributed by atoms with Crippen molar-refractivity contribution in [2.75, 3.05) is 5.32 Å². The fourth-order valence-electron chi connectivity index (χ4n) is 5.47. The van der Waals surface area contributed by atoms with Crippen molar-refractivity contribution in [3.63, 3.8) is 0 Å². The number of terminal acetylenes is 1. The number of rotatable bonds is 7. The first kappa shape index (κ1) is 25.6. The first-order valence-electron chi connectivity index (χ1n) is 12.6. The van der Waals surface area contributed by atoms with Crippen molar-refractivity contribution in [2.24, 2.45) is 18.9 Å². The van der Waals surface area contributed by atoms with Crippen molar-refractivity contribution in [1.29, 1.82) is 0 Å². The summed E-state index contributed by atoms with van der Waals surface area (Å²) in [6.07, 6.45) is 10.8. The van der Waals surface area contributed by atoms with Crippen molar-refractivity contribution in [3.8, 4) is 23.5 Å². The number of hydrogen-bond donors (Lipinski definition) is 1. The molecule has 188 valence electrons. The number of fused-ring (bicyclic) bond motifs is 1. The summed E-state index contributed by atoms with van der Waals surface area (Å²) in [5, 5.41) is 8.12. The van der Waals surface area contributed by atoms with Gasteiger partial charge in [-0.3, -0.25) is 14.3 Å². The summed E-state index contributed by atoms with van der Waals surface area (Å²) < 4.78 is 16.8. The molecule has 1 fully saturated rings. The fourth-order valence-corrected chi connectivity index (χ4v) is 5.47. The standard InChI is InChI=1S/C29H33FN4O2/c1-6-8-22(35)12-19-9-7-10-20(11-19)29(36)32-26-15-23(18(4)16-31-26)21-13-24-27(25(30)14-21)33-34(5)28(24)17(2)3/h1,13-17,19-20H,7-12H2,2-5H3,(H,31,32,36)/t19-,20+/m1/s1. The second-order valence-electron chi connectivity index (χ2n) is 10.2. The van der Waals surface area contributed by atoms with Gasteiger partial charge in [0.25, 0.3) is 0 Å². The maximum Gasteiger partial charge on any atom is 0.228 e. The third-order valence-corrected chi connectivity index (χ3v) is 7.12. The molecule has 7 heteroatoms. The number of hydrogen-bond acceptors (Lipinski definition) is 4. The van der Waals surface area contributed by atoms with Crippen LogP contribution in [0.15, 0.2) is 24.4 Å². The Kier molecular flexibility index (Phi) is 7.53. The van der Waals surface area contributed by atoms with Crippen LogP contribution in [0.4, 0.5) is 10.2 Å². The Morgan fingerprint density at radius 3 is 2.78 bits per heavy atom. The van der Waals surface area contributed by atoms with E-state index < -0.39 is 0 Å². The number of benzene rings is 1. The Labute approximate surface area is 211 Å². The third-order valence-electron chi connectivity index (χ3n) is 7.12. The van der Waals surface area contributed by atoms with E-state index in [1.165, 1.54) is 6.07 Å². The molecule has 2 heterocycles. The van der Waals surface area contributed by atoms with E-state index in [1.54, 1.807) is 16.9 Å². The number of nitrogens with zero attached hydrogens (tertiary/aromatic N) is 3. The van der Waals surface area contributed by atoms with Crippen molar-refractivity contribution in [3.05, 3.63) is 41.5 Å². The van der Waals surface area contributed by atoms with Crippen molar-refractivity contribution in [1.82, 2.24) is 14.8 Å². The number of Topliss-reactive ketones (excluding diaryl/α,β-unsaturated/α-hetero) is 1. The quantitative estimate of drug-likeness (QED) is 0.418. The number of aryl methyl sites for hydroxylation is 2. The number of nitrogens with one attached hydrogen (secondary N) is 1. The van der Waals surface area contributed by atoms with E-state index in [2.05, 4.69) is 35.2 Å². The SMILES string of the molecule is C#CCC(=O)C[C@@H]1CCC[C@H](C(=O)Nc2cc(-c3cc(F)c4nn(C)c(C(C)C)c4c3)c(C)cn2)C1. The maximum absolute atomic E-state index is 15.1. The van der Waals surface area contributed by atoms with Gasteiger partial charge >= 0.3 is 0 Å². The lowest BCUT2D eigenvalue weighted by Crippen LogP contribution is -2.29. The van der Waals surface area contributed by atoms with Gasteiger partial charge in [-0.25, -0.2) is 9.37 Å². The van der Waals surface area contributed by atoms with E-state index in [1.807, 2.05) is 20.0 Å². The van der Waals surface area contributed by atoms with Gasteiger partial charge in [0.1, 0.15) is 17.1 Å². The first-order valence-corrected chi connectivity index (χ1v) is 12.6. The lowest BCUT2D eigenvalue weighted by atomic mass is 9.78. The molecule has 0 unspecified atom stereocenters. The van der Waals surface area contributed by atoms with Gasteiger partial charge < -0.3 is 5.32 Å². The summed E-state index contributed by atoms with van der Waals surface area (Å²) in [7, 11) is 1.83. The minimum atomic E-state index is -0.376. The summed E-state index contributed by atoms with van der Waals surface area (Å²) in [5.41, 5.74) is 3.74. The van der Waals surface area contributed by atoms with E-state index in [9.17, 15) is 9.59 Å². The number of amides is 1. The topological polar surface area (TPSA) is 76.9 Å². The smallest absolute Gasteiger partial charge is 0.228 e. The Balaban J connectivity index is 1.56. The Hall–Kier alpha value is -3.53. The van der Waals surface area contributed by atoms with E-state index in [0.29, 0.717) is 24.2 Å². The van der Waals surface area contributed by atoms with Gasteiger partial charge in [-0.1, -0.05) is 26.2 Å². The zero-order valence-electron chi connectivity index (χ0n) is 21.4. The van der Waals surface area contributed by atoms with Gasteiger partial charge in [-0.15, -0.1) is 6.42 Å². The van der Waals surface area contributed by atoms with Gasteiger partial charge in [0.15, 0.2) is 5.82 Å². The van der Waals surface area contributed by atoms with E-state index >= 15 is 4.39 Å². The van der Waals surface area contributed by atoms with Crippen molar-refractivity contribution < 1.29 is 14.0 Å². The number of carbonyl (C=O) groups excluding carboxylic acids is 2. The van der Waals surface area contributed by atoms with Gasteiger partial charge in [0, 0.05) is 36.7 Å². The second-order valence-corrected chi connectivity index (χ2v) is 10.2. The molecule has 6 nitrogen and oxygen atoms in total. The molecule has 0 saturated heterocycles. The number of anilines is 1. The van der Waals surface area contributed by atoms with Crippen LogP contribution in [0.2, 0.25) is 0 Å². The minimum Gasteiger partial charge on any atom is -0.310 e. The number of pyridine rings is 1. The normalized spacial score (nSPS) is 17.8. The molecule has 0 aliphatic heterocycles. The van der Waals surface area contributed by atoms with Gasteiger partial charge in [0.2, 0.25) is 5.91 Å². The molecule has 1 aromatic carbocycles. The molecule has 3 aromatic rings. The van der Waals surface area contributed by atoms with Crippen LogP contribution in [0.5, 0.6) is 0 Å². The minimum absolute atomic E-state index is 0.0619. The van der Waals surface area contributed by atoms with Crippen LogP contribution in [0, 0.1) is 36.9 Å². The molecule has 2 atom stereocenters. The summed E-state index contributed by atoms with van der Waals surface area (Å²) >= 11 is 0. The van der Waals surface area contributed by atoms with Gasteiger partial charge in [-0.05, 0) is 72.9 Å². The fraction of sp³-hybridized carbons (Fsp3) is 0.448. The first-order chi connectivity index (χ1) is 17.2.